The van der Waals surface area contributed by atoms with Gasteiger partial charge in [-0.2, -0.15) is 0 Å². The second-order valence-electron chi connectivity index (χ2n) is 4.22. The Labute approximate surface area is 102 Å². The summed E-state index contributed by atoms with van der Waals surface area (Å²) in [7, 11) is 0. The average molecular weight is 227 g/mol. The topological polar surface area (TPSA) is 33.1 Å². The zero-order valence-corrected chi connectivity index (χ0v) is 10.0. The monoisotopic (exact) mass is 227 g/mol. The summed E-state index contributed by atoms with van der Waals surface area (Å²) in [5.41, 5.74) is 3.10. The van der Waals surface area contributed by atoms with Crippen molar-refractivity contribution in [1.29, 1.82) is 0 Å². The van der Waals surface area contributed by atoms with Crippen LogP contribution in [-0.4, -0.2) is 10.1 Å². The van der Waals surface area contributed by atoms with Crippen molar-refractivity contribution >= 4 is 0 Å². The van der Waals surface area contributed by atoms with Crippen molar-refractivity contribution in [3.05, 3.63) is 65.5 Å². The molecule has 1 unspecified atom stereocenters. The van der Waals surface area contributed by atoms with Crippen molar-refractivity contribution in [3.63, 3.8) is 0 Å². The summed E-state index contributed by atoms with van der Waals surface area (Å²) < 4.78 is 0. The molecule has 2 nitrogen and oxygen atoms in total. The van der Waals surface area contributed by atoms with Gasteiger partial charge in [0.1, 0.15) is 0 Å². The minimum atomic E-state index is -0.427. The molecule has 0 aliphatic rings. The number of nitrogens with zero attached hydrogens (tertiary/aromatic N) is 1. The van der Waals surface area contributed by atoms with Gasteiger partial charge in [0.15, 0.2) is 0 Å². The fourth-order valence-corrected chi connectivity index (χ4v) is 1.95. The molecule has 88 valence electrons. The number of aromatic nitrogens is 1. The van der Waals surface area contributed by atoms with Crippen molar-refractivity contribution < 1.29 is 5.11 Å². The zero-order valence-electron chi connectivity index (χ0n) is 10.0. The molecule has 0 amide bonds. The van der Waals surface area contributed by atoms with Crippen LogP contribution in [-0.2, 0) is 6.42 Å². The van der Waals surface area contributed by atoms with Gasteiger partial charge in [-0.1, -0.05) is 36.4 Å². The summed E-state index contributed by atoms with van der Waals surface area (Å²) in [5, 5.41) is 10.1. The molecular weight excluding hydrogens is 210 g/mol. The fraction of sp³-hybridized carbons (Fsp3) is 0.267. The Morgan fingerprint density at radius 2 is 1.88 bits per heavy atom. The van der Waals surface area contributed by atoms with Gasteiger partial charge < -0.3 is 5.11 Å². The third-order valence-electron chi connectivity index (χ3n) is 2.96. The van der Waals surface area contributed by atoms with Gasteiger partial charge in [-0.3, -0.25) is 4.98 Å². The number of aliphatic hydroxyl groups excluding tert-OH is 1. The lowest BCUT2D eigenvalue weighted by Crippen LogP contribution is -2.02. The highest BCUT2D eigenvalue weighted by molar-refractivity contribution is 5.22. The number of benzene rings is 1. The molecule has 1 aromatic heterocycles. The molecule has 0 aliphatic heterocycles. The Morgan fingerprint density at radius 1 is 1.12 bits per heavy atom. The lowest BCUT2D eigenvalue weighted by Gasteiger charge is -2.12. The minimum absolute atomic E-state index is 0.427. The molecule has 0 bridgehead atoms. The number of aryl methyl sites for hydroxylation is 2. The smallest absolute Gasteiger partial charge is 0.0810 e. The molecule has 0 saturated heterocycles. The standard InChI is InChI=1S/C15H17NO/c1-12-14(8-5-11-16-12)15(17)10-9-13-6-3-2-4-7-13/h2-8,11,15,17H,9-10H2,1H3. The molecule has 1 aromatic carbocycles. The van der Waals surface area contributed by atoms with E-state index in [4.69, 9.17) is 0 Å². The molecule has 1 heterocycles. The molecule has 2 aromatic rings. The van der Waals surface area contributed by atoms with E-state index in [0.29, 0.717) is 0 Å². The Morgan fingerprint density at radius 3 is 2.59 bits per heavy atom. The highest BCUT2D eigenvalue weighted by Crippen LogP contribution is 2.20. The Balaban J connectivity index is 1.99. The lowest BCUT2D eigenvalue weighted by atomic mass is 10.0. The van der Waals surface area contributed by atoms with Crippen LogP contribution >= 0.6 is 0 Å². The number of hydrogen-bond donors (Lipinski definition) is 1. The van der Waals surface area contributed by atoms with Crippen LogP contribution in [0.2, 0.25) is 0 Å². The predicted octanol–water partition coefficient (Wildman–Crippen LogP) is 3.06. The maximum Gasteiger partial charge on any atom is 0.0810 e. The van der Waals surface area contributed by atoms with E-state index in [0.717, 1.165) is 24.1 Å². The highest BCUT2D eigenvalue weighted by atomic mass is 16.3. The minimum Gasteiger partial charge on any atom is -0.388 e. The summed E-state index contributed by atoms with van der Waals surface area (Å²) in [6.07, 6.45) is 2.94. The van der Waals surface area contributed by atoms with Gasteiger partial charge in [0, 0.05) is 17.5 Å². The molecule has 0 saturated carbocycles. The average Bonchev–Trinajstić information content (AvgIpc) is 2.38. The largest absolute Gasteiger partial charge is 0.388 e. The summed E-state index contributed by atoms with van der Waals surface area (Å²) in [4.78, 5) is 4.20. The van der Waals surface area contributed by atoms with Crippen LogP contribution in [0.3, 0.4) is 0 Å². The van der Waals surface area contributed by atoms with E-state index < -0.39 is 6.10 Å². The van der Waals surface area contributed by atoms with Crippen LogP contribution in [0.15, 0.2) is 48.7 Å². The van der Waals surface area contributed by atoms with E-state index in [2.05, 4.69) is 17.1 Å². The SMILES string of the molecule is Cc1ncccc1C(O)CCc1ccccc1. The lowest BCUT2D eigenvalue weighted by molar-refractivity contribution is 0.166. The molecule has 2 heteroatoms. The van der Waals surface area contributed by atoms with Crippen molar-refractivity contribution in [2.75, 3.05) is 0 Å². The molecule has 0 aliphatic carbocycles. The summed E-state index contributed by atoms with van der Waals surface area (Å²) in [6.45, 7) is 1.93. The normalized spacial score (nSPS) is 12.4. The quantitative estimate of drug-likeness (QED) is 0.870. The number of hydrogen-bond acceptors (Lipinski definition) is 2. The van der Waals surface area contributed by atoms with Gasteiger partial charge in [0.2, 0.25) is 0 Å². The fourth-order valence-electron chi connectivity index (χ4n) is 1.95. The summed E-state index contributed by atoms with van der Waals surface area (Å²) >= 11 is 0. The van der Waals surface area contributed by atoms with Crippen LogP contribution in [0.25, 0.3) is 0 Å². The Hall–Kier alpha value is -1.67. The second-order valence-corrected chi connectivity index (χ2v) is 4.22. The van der Waals surface area contributed by atoms with Crippen LogP contribution in [0.5, 0.6) is 0 Å². The van der Waals surface area contributed by atoms with Crippen LogP contribution in [0, 0.1) is 6.92 Å². The molecule has 1 atom stereocenters. The number of aliphatic hydroxyl groups is 1. The molecule has 0 spiro atoms. The first-order valence-electron chi connectivity index (χ1n) is 5.91. The van der Waals surface area contributed by atoms with E-state index >= 15 is 0 Å². The predicted molar refractivity (Wildman–Crippen MR) is 68.7 cm³/mol. The van der Waals surface area contributed by atoms with E-state index in [1.54, 1.807) is 6.20 Å². The van der Waals surface area contributed by atoms with E-state index in [-0.39, 0.29) is 0 Å². The van der Waals surface area contributed by atoms with Crippen molar-refractivity contribution in [1.82, 2.24) is 4.98 Å². The summed E-state index contributed by atoms with van der Waals surface area (Å²) in [5.74, 6) is 0. The van der Waals surface area contributed by atoms with E-state index in [1.807, 2.05) is 37.3 Å². The Kier molecular flexibility index (Phi) is 3.89. The van der Waals surface area contributed by atoms with E-state index in [9.17, 15) is 5.11 Å². The zero-order chi connectivity index (χ0) is 12.1. The van der Waals surface area contributed by atoms with Crippen molar-refractivity contribution in [3.8, 4) is 0 Å². The highest BCUT2D eigenvalue weighted by Gasteiger charge is 2.10. The van der Waals surface area contributed by atoms with Crippen LogP contribution in [0.4, 0.5) is 0 Å². The van der Waals surface area contributed by atoms with Gasteiger partial charge in [-0.15, -0.1) is 0 Å². The van der Waals surface area contributed by atoms with Crippen molar-refractivity contribution in [2.24, 2.45) is 0 Å². The number of rotatable bonds is 4. The van der Waals surface area contributed by atoms with Gasteiger partial charge >= 0.3 is 0 Å². The third kappa shape index (κ3) is 3.14. The van der Waals surface area contributed by atoms with Crippen molar-refractivity contribution in [2.45, 2.75) is 25.9 Å². The molecule has 17 heavy (non-hydrogen) atoms. The molecule has 1 N–H and O–H groups in total. The molecule has 0 fully saturated rings. The first-order chi connectivity index (χ1) is 8.27. The van der Waals surface area contributed by atoms with Crippen LogP contribution < -0.4 is 0 Å². The van der Waals surface area contributed by atoms with Crippen LogP contribution in [0.1, 0.15) is 29.3 Å². The maximum absolute atomic E-state index is 10.1. The maximum atomic E-state index is 10.1. The number of pyridine rings is 1. The van der Waals surface area contributed by atoms with E-state index in [1.165, 1.54) is 5.56 Å². The second kappa shape index (κ2) is 5.60. The van der Waals surface area contributed by atoms with Gasteiger partial charge in [0.05, 0.1) is 6.10 Å². The third-order valence-corrected chi connectivity index (χ3v) is 2.96. The van der Waals surface area contributed by atoms with Gasteiger partial charge in [0.25, 0.3) is 0 Å². The Bertz CT molecular complexity index is 467. The molecule has 0 radical (unpaired) electrons. The summed E-state index contributed by atoms with van der Waals surface area (Å²) in [6, 6.07) is 14.0. The first-order valence-corrected chi connectivity index (χ1v) is 5.91. The van der Waals surface area contributed by atoms with Gasteiger partial charge in [-0.05, 0) is 31.4 Å². The molecule has 2 rings (SSSR count). The molecular formula is C15H17NO. The first kappa shape index (κ1) is 11.8. The van der Waals surface area contributed by atoms with Gasteiger partial charge in [-0.25, -0.2) is 0 Å².